The van der Waals surface area contributed by atoms with E-state index in [0.29, 0.717) is 6.54 Å². The third-order valence-electron chi connectivity index (χ3n) is 5.05. The van der Waals surface area contributed by atoms with Crippen molar-refractivity contribution in [1.82, 2.24) is 0 Å². The Morgan fingerprint density at radius 3 is 2.46 bits per heavy atom. The first-order valence-corrected chi connectivity index (χ1v) is 9.42. The zero-order valence-electron chi connectivity index (χ0n) is 13.7. The lowest BCUT2D eigenvalue weighted by atomic mass is 10.00. The Hall–Kier alpha value is -1.65. The lowest BCUT2D eigenvalue weighted by Crippen LogP contribution is -2.47. The molecular weight excluding hydrogens is 364 g/mol. The quantitative estimate of drug-likeness (QED) is 0.787. The molecule has 0 aliphatic carbocycles. The van der Waals surface area contributed by atoms with Crippen LogP contribution in [0.1, 0.15) is 31.2 Å². The average molecular weight is 386 g/mol. The summed E-state index contributed by atoms with van der Waals surface area (Å²) in [5, 5.41) is 11.7. The van der Waals surface area contributed by atoms with Crippen LogP contribution in [0.5, 0.6) is 0 Å². The summed E-state index contributed by atoms with van der Waals surface area (Å²) in [6.45, 7) is 1.65. The largest absolute Gasteiger partial charge is 0.346 e. The van der Waals surface area contributed by atoms with Gasteiger partial charge in [-0.3, -0.25) is 4.58 Å². The molecule has 0 bridgehead atoms. The molecule has 0 amide bonds. The topological polar surface area (TPSA) is 26.5 Å². The SMILES string of the molecule is OC1(c2ccc(Br)cc2)C[N+]2=C(CCCCC2)N1c1ccccc1. The fourth-order valence-corrected chi connectivity index (χ4v) is 4.16. The monoisotopic (exact) mass is 385 g/mol. The molecule has 2 aromatic rings. The van der Waals surface area contributed by atoms with E-state index in [4.69, 9.17) is 0 Å². The molecule has 2 aliphatic heterocycles. The lowest BCUT2D eigenvalue weighted by molar-refractivity contribution is -0.534. The number of amidine groups is 1. The van der Waals surface area contributed by atoms with Crippen molar-refractivity contribution < 1.29 is 9.68 Å². The van der Waals surface area contributed by atoms with E-state index in [2.05, 4.69) is 37.5 Å². The number of benzene rings is 2. The van der Waals surface area contributed by atoms with Crippen molar-refractivity contribution in [3.05, 3.63) is 64.6 Å². The molecule has 4 rings (SSSR count). The fourth-order valence-electron chi connectivity index (χ4n) is 3.90. The number of nitrogens with zero attached hydrogens (tertiary/aromatic N) is 2. The zero-order chi connectivity index (χ0) is 16.6. The molecule has 1 unspecified atom stereocenters. The summed E-state index contributed by atoms with van der Waals surface area (Å²) >= 11 is 3.49. The number of hydrogen-bond acceptors (Lipinski definition) is 2. The molecule has 0 saturated heterocycles. The number of anilines is 1. The Labute approximate surface area is 151 Å². The highest BCUT2D eigenvalue weighted by atomic mass is 79.9. The average Bonchev–Trinajstić information content (AvgIpc) is 2.73. The van der Waals surface area contributed by atoms with Crippen LogP contribution in [-0.4, -0.2) is 28.6 Å². The maximum atomic E-state index is 11.7. The number of hydrogen-bond donors (Lipinski definition) is 1. The van der Waals surface area contributed by atoms with Crippen molar-refractivity contribution in [1.29, 1.82) is 0 Å². The molecule has 124 valence electrons. The Morgan fingerprint density at radius 1 is 0.958 bits per heavy atom. The second-order valence-electron chi connectivity index (χ2n) is 6.64. The molecule has 4 heteroatoms. The van der Waals surface area contributed by atoms with Crippen LogP contribution >= 0.6 is 15.9 Å². The summed E-state index contributed by atoms with van der Waals surface area (Å²) < 4.78 is 3.41. The standard InChI is InChI=1S/C20H22BrN2O/c21-17-12-10-16(11-13-17)20(24)15-22-14-6-2-5-9-19(22)23(20)18-7-3-1-4-8-18/h1,3-4,7-8,10-13,24H,2,5-6,9,14-15H2/q+1. The minimum Gasteiger partial charge on any atom is -0.346 e. The van der Waals surface area contributed by atoms with Crippen molar-refractivity contribution in [3.8, 4) is 0 Å². The minimum atomic E-state index is -1.02. The highest BCUT2D eigenvalue weighted by Gasteiger charge is 2.53. The van der Waals surface area contributed by atoms with Gasteiger partial charge < -0.3 is 5.11 Å². The van der Waals surface area contributed by atoms with Crippen LogP contribution in [0.25, 0.3) is 0 Å². The molecule has 0 fully saturated rings. The van der Waals surface area contributed by atoms with Crippen LogP contribution in [0.3, 0.4) is 0 Å². The maximum Gasteiger partial charge on any atom is 0.275 e. The first-order chi connectivity index (χ1) is 11.7. The van der Waals surface area contributed by atoms with Crippen LogP contribution in [0.4, 0.5) is 5.69 Å². The minimum absolute atomic E-state index is 0.624. The van der Waals surface area contributed by atoms with Crippen molar-refractivity contribution in [2.24, 2.45) is 0 Å². The normalized spacial score (nSPS) is 24.0. The molecule has 24 heavy (non-hydrogen) atoms. The second-order valence-corrected chi connectivity index (χ2v) is 7.56. The van der Waals surface area contributed by atoms with Crippen molar-refractivity contribution >= 4 is 27.5 Å². The van der Waals surface area contributed by atoms with Gasteiger partial charge in [0.25, 0.3) is 11.6 Å². The van der Waals surface area contributed by atoms with Gasteiger partial charge in [0.2, 0.25) is 0 Å². The molecule has 0 aromatic heterocycles. The molecule has 0 radical (unpaired) electrons. The third-order valence-corrected chi connectivity index (χ3v) is 5.58. The maximum absolute atomic E-state index is 11.7. The van der Waals surface area contributed by atoms with Crippen LogP contribution < -0.4 is 4.90 Å². The van der Waals surface area contributed by atoms with Gasteiger partial charge in [-0.25, -0.2) is 0 Å². The van der Waals surface area contributed by atoms with Gasteiger partial charge in [-0.2, -0.15) is 4.90 Å². The Balaban J connectivity index is 1.83. The van der Waals surface area contributed by atoms with E-state index < -0.39 is 5.72 Å². The van der Waals surface area contributed by atoms with Gasteiger partial charge in [0, 0.05) is 16.5 Å². The molecule has 2 heterocycles. The first-order valence-electron chi connectivity index (χ1n) is 8.63. The molecule has 0 saturated carbocycles. The highest BCUT2D eigenvalue weighted by molar-refractivity contribution is 9.10. The Morgan fingerprint density at radius 2 is 1.71 bits per heavy atom. The Bertz CT molecular complexity index is 757. The highest BCUT2D eigenvalue weighted by Crippen LogP contribution is 2.37. The zero-order valence-corrected chi connectivity index (χ0v) is 15.2. The molecule has 2 aromatic carbocycles. The third kappa shape index (κ3) is 2.68. The van der Waals surface area contributed by atoms with E-state index in [1.807, 2.05) is 42.5 Å². The number of para-hydroxylation sites is 1. The number of aliphatic hydroxyl groups is 1. The molecule has 1 atom stereocenters. The second kappa shape index (κ2) is 6.34. The molecule has 0 spiro atoms. The van der Waals surface area contributed by atoms with E-state index in [9.17, 15) is 5.11 Å². The van der Waals surface area contributed by atoms with Gasteiger partial charge in [0.15, 0.2) is 6.54 Å². The number of rotatable bonds is 2. The first kappa shape index (κ1) is 15.9. The van der Waals surface area contributed by atoms with E-state index in [1.165, 1.54) is 25.1 Å². The van der Waals surface area contributed by atoms with Crippen LogP contribution in [0.2, 0.25) is 0 Å². The summed E-state index contributed by atoms with van der Waals surface area (Å²) in [6, 6.07) is 18.3. The predicted molar refractivity (Wildman–Crippen MR) is 100 cm³/mol. The van der Waals surface area contributed by atoms with Gasteiger partial charge in [-0.05, 0) is 43.5 Å². The van der Waals surface area contributed by atoms with E-state index >= 15 is 0 Å². The smallest absolute Gasteiger partial charge is 0.275 e. The summed E-state index contributed by atoms with van der Waals surface area (Å²) in [6.07, 6.45) is 4.67. The van der Waals surface area contributed by atoms with Gasteiger partial charge in [0.05, 0.1) is 6.54 Å². The molecule has 3 nitrogen and oxygen atoms in total. The Kier molecular flexibility index (Phi) is 4.19. The van der Waals surface area contributed by atoms with Crippen LogP contribution in [0, 0.1) is 0 Å². The molecule has 1 N–H and O–H groups in total. The van der Waals surface area contributed by atoms with Crippen molar-refractivity contribution in [2.45, 2.75) is 31.4 Å². The van der Waals surface area contributed by atoms with E-state index in [0.717, 1.165) is 28.7 Å². The predicted octanol–water partition coefficient (Wildman–Crippen LogP) is 4.10. The summed E-state index contributed by atoms with van der Waals surface area (Å²) in [5.41, 5.74) is 0.979. The molecule has 2 aliphatic rings. The van der Waals surface area contributed by atoms with Gasteiger partial charge in [0.1, 0.15) is 5.69 Å². The number of halogens is 1. The van der Waals surface area contributed by atoms with Gasteiger partial charge in [-0.1, -0.05) is 46.3 Å². The van der Waals surface area contributed by atoms with E-state index in [-0.39, 0.29) is 0 Å². The molecular formula is C20H22BrN2O+. The van der Waals surface area contributed by atoms with Crippen LogP contribution in [-0.2, 0) is 5.72 Å². The summed E-state index contributed by atoms with van der Waals surface area (Å²) in [5.74, 6) is 1.25. The van der Waals surface area contributed by atoms with Crippen molar-refractivity contribution in [3.63, 3.8) is 0 Å². The van der Waals surface area contributed by atoms with Crippen molar-refractivity contribution in [2.75, 3.05) is 18.0 Å². The van der Waals surface area contributed by atoms with Gasteiger partial charge in [-0.15, -0.1) is 0 Å². The van der Waals surface area contributed by atoms with Gasteiger partial charge >= 0.3 is 0 Å². The summed E-state index contributed by atoms with van der Waals surface area (Å²) in [7, 11) is 0. The fraction of sp³-hybridized carbons (Fsp3) is 0.350. The van der Waals surface area contributed by atoms with E-state index in [1.54, 1.807) is 0 Å². The van der Waals surface area contributed by atoms with Crippen LogP contribution in [0.15, 0.2) is 59.1 Å². The summed E-state index contributed by atoms with van der Waals surface area (Å²) in [4.78, 5) is 2.15. The lowest BCUT2D eigenvalue weighted by Gasteiger charge is -2.29.